The number of anilines is 1. The molecule has 2 unspecified atom stereocenters. The van der Waals surface area contributed by atoms with E-state index >= 15 is 0 Å². The molecule has 1 aliphatic heterocycles. The van der Waals surface area contributed by atoms with E-state index in [1.54, 1.807) is 0 Å². The van der Waals surface area contributed by atoms with Crippen molar-refractivity contribution in [3.05, 3.63) is 10.6 Å². The van der Waals surface area contributed by atoms with Crippen molar-refractivity contribution >= 4 is 22.8 Å². The first-order valence-electron chi connectivity index (χ1n) is 6.25. The fourth-order valence-electron chi connectivity index (χ4n) is 2.52. The zero-order valence-electron chi connectivity index (χ0n) is 10.9. The summed E-state index contributed by atoms with van der Waals surface area (Å²) in [5.41, 5.74) is 0.951. The molecule has 2 heterocycles. The van der Waals surface area contributed by atoms with Gasteiger partial charge in [0.2, 0.25) is 0 Å². The first-order valence-corrected chi connectivity index (χ1v) is 7.07. The van der Waals surface area contributed by atoms with Crippen LogP contribution in [-0.2, 0) is 0 Å². The molecule has 1 aromatic heterocycles. The average molecular weight is 252 g/mol. The van der Waals surface area contributed by atoms with Crippen LogP contribution in [0.3, 0.4) is 0 Å². The maximum Gasteiger partial charge on any atom is 0.186 e. The van der Waals surface area contributed by atoms with E-state index in [1.165, 1.54) is 17.8 Å². The fourth-order valence-corrected chi connectivity index (χ4v) is 3.67. The third-order valence-corrected chi connectivity index (χ3v) is 4.39. The van der Waals surface area contributed by atoms with Crippen LogP contribution in [0.15, 0.2) is 0 Å². The molecule has 2 rings (SSSR count). The van der Waals surface area contributed by atoms with Gasteiger partial charge in [-0.25, -0.2) is 4.98 Å². The van der Waals surface area contributed by atoms with E-state index in [2.05, 4.69) is 37.6 Å². The minimum absolute atomic E-state index is 0.315. The van der Waals surface area contributed by atoms with Gasteiger partial charge in [0.25, 0.3) is 0 Å². The Morgan fingerprint density at radius 2 is 2.18 bits per heavy atom. The lowest BCUT2D eigenvalue weighted by molar-refractivity contribution is 0.112. The molecule has 0 N–H and O–H groups in total. The minimum Gasteiger partial charge on any atom is -0.345 e. The highest BCUT2D eigenvalue weighted by Gasteiger charge is 2.29. The summed E-state index contributed by atoms with van der Waals surface area (Å²) in [4.78, 5) is 18.9. The lowest BCUT2D eigenvalue weighted by Crippen LogP contribution is -2.26. The predicted molar refractivity (Wildman–Crippen MR) is 72.2 cm³/mol. The van der Waals surface area contributed by atoms with Gasteiger partial charge in [0, 0.05) is 12.6 Å². The average Bonchev–Trinajstić information content (AvgIpc) is 2.81. The minimum atomic E-state index is 0.315. The number of aromatic nitrogens is 1. The number of rotatable bonds is 3. The molecular formula is C13H20N2OS. The van der Waals surface area contributed by atoms with Crippen LogP contribution < -0.4 is 4.90 Å². The maximum atomic E-state index is 11.1. The molecule has 1 fully saturated rings. The zero-order chi connectivity index (χ0) is 12.6. The van der Waals surface area contributed by atoms with Gasteiger partial charge < -0.3 is 4.90 Å². The Bertz CT molecular complexity index is 414. The molecule has 3 nitrogen and oxygen atoms in total. The molecule has 0 bridgehead atoms. The third-order valence-electron chi connectivity index (χ3n) is 3.35. The smallest absolute Gasteiger partial charge is 0.186 e. The van der Waals surface area contributed by atoms with Gasteiger partial charge in [0.15, 0.2) is 11.4 Å². The quantitative estimate of drug-likeness (QED) is 0.774. The maximum absolute atomic E-state index is 11.1. The number of carbonyl (C=O) groups is 1. The SMILES string of the molecule is CC1CC(C)N(c2nc(C(C)C)c(C=O)s2)C1. The summed E-state index contributed by atoms with van der Waals surface area (Å²) in [5, 5.41) is 1.02. The predicted octanol–water partition coefficient (Wildman–Crippen LogP) is 3.31. The van der Waals surface area contributed by atoms with Gasteiger partial charge in [-0.2, -0.15) is 0 Å². The van der Waals surface area contributed by atoms with E-state index in [-0.39, 0.29) is 0 Å². The molecule has 0 amide bonds. The Balaban J connectivity index is 2.30. The highest BCUT2D eigenvalue weighted by molar-refractivity contribution is 7.17. The van der Waals surface area contributed by atoms with Crippen molar-refractivity contribution in [1.82, 2.24) is 4.98 Å². The third kappa shape index (κ3) is 2.37. The first-order chi connectivity index (χ1) is 8.02. The van der Waals surface area contributed by atoms with Gasteiger partial charge in [-0.05, 0) is 25.2 Å². The molecule has 1 aromatic rings. The van der Waals surface area contributed by atoms with E-state index in [9.17, 15) is 4.79 Å². The molecular weight excluding hydrogens is 232 g/mol. The fraction of sp³-hybridized carbons (Fsp3) is 0.692. The van der Waals surface area contributed by atoms with E-state index in [0.717, 1.165) is 34.5 Å². The van der Waals surface area contributed by atoms with Crippen molar-refractivity contribution in [1.29, 1.82) is 0 Å². The molecule has 0 radical (unpaired) electrons. The molecule has 2 atom stereocenters. The van der Waals surface area contributed by atoms with Crippen LogP contribution in [0.4, 0.5) is 5.13 Å². The van der Waals surface area contributed by atoms with Gasteiger partial charge in [-0.15, -0.1) is 0 Å². The number of aldehydes is 1. The number of carbonyl (C=O) groups excluding carboxylic acids is 1. The Kier molecular flexibility index (Phi) is 3.52. The molecule has 0 aliphatic carbocycles. The van der Waals surface area contributed by atoms with Crippen LogP contribution in [0.1, 0.15) is 55.4 Å². The molecule has 94 valence electrons. The molecule has 0 aromatic carbocycles. The van der Waals surface area contributed by atoms with Crippen LogP contribution in [0.25, 0.3) is 0 Å². The topological polar surface area (TPSA) is 33.2 Å². The lowest BCUT2D eigenvalue weighted by Gasteiger charge is -2.20. The van der Waals surface area contributed by atoms with E-state index < -0.39 is 0 Å². The Morgan fingerprint density at radius 1 is 1.47 bits per heavy atom. The van der Waals surface area contributed by atoms with Crippen LogP contribution in [0.2, 0.25) is 0 Å². The molecule has 4 heteroatoms. The van der Waals surface area contributed by atoms with Crippen molar-refractivity contribution in [2.24, 2.45) is 5.92 Å². The second-order valence-electron chi connectivity index (χ2n) is 5.36. The van der Waals surface area contributed by atoms with Gasteiger partial charge in [0.05, 0.1) is 10.6 Å². The van der Waals surface area contributed by atoms with E-state index in [0.29, 0.717) is 12.0 Å². The largest absolute Gasteiger partial charge is 0.345 e. The van der Waals surface area contributed by atoms with Crippen molar-refractivity contribution in [3.8, 4) is 0 Å². The normalized spacial score (nSPS) is 24.6. The zero-order valence-corrected chi connectivity index (χ0v) is 11.8. The summed E-state index contributed by atoms with van der Waals surface area (Å²) in [5.74, 6) is 1.03. The second-order valence-corrected chi connectivity index (χ2v) is 6.37. The summed E-state index contributed by atoms with van der Waals surface area (Å²) < 4.78 is 0. The van der Waals surface area contributed by atoms with Crippen molar-refractivity contribution in [2.75, 3.05) is 11.4 Å². The van der Waals surface area contributed by atoms with Crippen LogP contribution in [0, 0.1) is 5.92 Å². The van der Waals surface area contributed by atoms with Crippen LogP contribution in [-0.4, -0.2) is 23.9 Å². The highest BCUT2D eigenvalue weighted by Crippen LogP contribution is 2.34. The summed E-state index contributed by atoms with van der Waals surface area (Å²) in [6.07, 6.45) is 2.16. The summed E-state index contributed by atoms with van der Waals surface area (Å²) in [6.45, 7) is 9.74. The second kappa shape index (κ2) is 4.77. The van der Waals surface area contributed by atoms with Crippen molar-refractivity contribution in [2.45, 2.75) is 46.1 Å². The molecule has 17 heavy (non-hydrogen) atoms. The number of hydrogen-bond acceptors (Lipinski definition) is 4. The summed E-state index contributed by atoms with van der Waals surface area (Å²) in [7, 11) is 0. The standard InChI is InChI=1S/C13H20N2OS/c1-8(2)12-11(7-16)17-13(14-12)15-6-9(3)5-10(15)4/h7-10H,5-6H2,1-4H3. The van der Waals surface area contributed by atoms with Gasteiger partial charge in [-0.1, -0.05) is 32.1 Å². The van der Waals surface area contributed by atoms with Crippen molar-refractivity contribution < 1.29 is 4.79 Å². The Hall–Kier alpha value is -0.900. The molecule has 0 spiro atoms. The molecule has 0 saturated carbocycles. The van der Waals surface area contributed by atoms with E-state index in [4.69, 9.17) is 0 Å². The Morgan fingerprint density at radius 3 is 2.59 bits per heavy atom. The number of nitrogens with zero attached hydrogens (tertiary/aromatic N) is 2. The van der Waals surface area contributed by atoms with Gasteiger partial charge >= 0.3 is 0 Å². The molecule has 1 aliphatic rings. The van der Waals surface area contributed by atoms with E-state index in [1.807, 2.05) is 0 Å². The summed E-state index contributed by atoms with van der Waals surface area (Å²) >= 11 is 1.54. The Labute approximate surface area is 107 Å². The summed E-state index contributed by atoms with van der Waals surface area (Å²) in [6, 6.07) is 0.538. The molecule has 1 saturated heterocycles. The van der Waals surface area contributed by atoms with Gasteiger partial charge in [-0.3, -0.25) is 4.79 Å². The monoisotopic (exact) mass is 252 g/mol. The lowest BCUT2D eigenvalue weighted by atomic mass is 10.1. The highest BCUT2D eigenvalue weighted by atomic mass is 32.1. The van der Waals surface area contributed by atoms with Crippen LogP contribution >= 0.6 is 11.3 Å². The number of hydrogen-bond donors (Lipinski definition) is 0. The van der Waals surface area contributed by atoms with Crippen molar-refractivity contribution in [3.63, 3.8) is 0 Å². The first kappa shape index (κ1) is 12.6. The van der Waals surface area contributed by atoms with Crippen LogP contribution in [0.5, 0.6) is 0 Å². The van der Waals surface area contributed by atoms with Gasteiger partial charge in [0.1, 0.15) is 0 Å². The number of thiazole rings is 1.